The lowest BCUT2D eigenvalue weighted by molar-refractivity contribution is -0.0926. The molecule has 0 aliphatic heterocycles. The quantitative estimate of drug-likeness (QED) is 0.571. The van der Waals surface area contributed by atoms with Gasteiger partial charge in [-0.15, -0.1) is 0 Å². The fourth-order valence-electron chi connectivity index (χ4n) is 0.862. The predicted octanol–water partition coefficient (Wildman–Crippen LogP) is 2.32. The van der Waals surface area contributed by atoms with E-state index < -0.39 is 11.7 Å². The minimum absolute atomic E-state index is 0.333. The molecule has 0 N–H and O–H groups in total. The standard InChI is InChI=1S/C9H10ClNO3/c1-7(14-9(10)12)13-6-8-3-2-4-11-5-8/h2-5,7H,6H2,1H3. The summed E-state index contributed by atoms with van der Waals surface area (Å²) in [6.07, 6.45) is 2.70. The van der Waals surface area contributed by atoms with Crippen LogP contribution < -0.4 is 0 Å². The summed E-state index contributed by atoms with van der Waals surface area (Å²) in [6.45, 7) is 1.93. The first-order valence-corrected chi connectivity index (χ1v) is 4.43. The lowest BCUT2D eigenvalue weighted by atomic mass is 10.3. The molecule has 0 aliphatic carbocycles. The van der Waals surface area contributed by atoms with Crippen LogP contribution in [0.2, 0.25) is 0 Å². The highest BCUT2D eigenvalue weighted by Gasteiger charge is 2.06. The number of carbonyl (C=O) groups is 1. The molecule has 0 fully saturated rings. The van der Waals surface area contributed by atoms with Crippen LogP contribution in [0.3, 0.4) is 0 Å². The Bertz CT molecular complexity index is 291. The summed E-state index contributed by atoms with van der Waals surface area (Å²) in [5.74, 6) is 0. The summed E-state index contributed by atoms with van der Waals surface area (Å²) in [7, 11) is 0. The minimum atomic E-state index is -0.872. The average Bonchev–Trinajstić information content (AvgIpc) is 2.15. The van der Waals surface area contributed by atoms with Gasteiger partial charge in [0.05, 0.1) is 6.61 Å². The number of hydrogen-bond donors (Lipinski definition) is 0. The molecular formula is C9H10ClNO3. The molecule has 1 unspecified atom stereocenters. The molecule has 0 amide bonds. The Hall–Kier alpha value is -1.13. The maximum absolute atomic E-state index is 10.3. The second-order valence-corrected chi connectivity index (χ2v) is 2.90. The Morgan fingerprint density at radius 1 is 1.71 bits per heavy atom. The van der Waals surface area contributed by atoms with Crippen molar-refractivity contribution in [3.8, 4) is 0 Å². The number of rotatable bonds is 4. The zero-order valence-corrected chi connectivity index (χ0v) is 8.40. The molecule has 1 aromatic heterocycles. The SMILES string of the molecule is CC(OCc1cccnc1)OC(=O)Cl. The van der Waals surface area contributed by atoms with Gasteiger partial charge in [0.1, 0.15) is 0 Å². The highest BCUT2D eigenvalue weighted by molar-refractivity contribution is 6.61. The van der Waals surface area contributed by atoms with Crippen molar-refractivity contribution in [2.24, 2.45) is 0 Å². The van der Waals surface area contributed by atoms with E-state index >= 15 is 0 Å². The number of hydrogen-bond acceptors (Lipinski definition) is 4. The summed E-state index contributed by atoms with van der Waals surface area (Å²) in [6, 6.07) is 3.67. The van der Waals surface area contributed by atoms with Crippen molar-refractivity contribution in [2.75, 3.05) is 0 Å². The number of carbonyl (C=O) groups excluding carboxylic acids is 1. The van der Waals surface area contributed by atoms with Crippen LogP contribution in [0.15, 0.2) is 24.5 Å². The summed E-state index contributed by atoms with van der Waals surface area (Å²) in [5.41, 5.74) is 0.0358. The third kappa shape index (κ3) is 4.20. The summed E-state index contributed by atoms with van der Waals surface area (Å²) in [5, 5.41) is 0. The van der Waals surface area contributed by atoms with Crippen LogP contribution in [-0.4, -0.2) is 16.7 Å². The van der Waals surface area contributed by atoms with Crippen molar-refractivity contribution >= 4 is 17.0 Å². The van der Waals surface area contributed by atoms with Gasteiger partial charge in [-0.25, -0.2) is 4.79 Å². The number of nitrogens with zero attached hydrogens (tertiary/aromatic N) is 1. The van der Waals surface area contributed by atoms with Gasteiger partial charge in [0.15, 0.2) is 0 Å². The molecule has 1 atom stereocenters. The van der Waals surface area contributed by atoms with Crippen molar-refractivity contribution in [1.82, 2.24) is 4.98 Å². The van der Waals surface area contributed by atoms with Gasteiger partial charge in [-0.3, -0.25) is 4.98 Å². The minimum Gasteiger partial charge on any atom is -0.424 e. The van der Waals surface area contributed by atoms with Crippen LogP contribution in [0.25, 0.3) is 0 Å². The van der Waals surface area contributed by atoms with Crippen LogP contribution in [-0.2, 0) is 16.1 Å². The molecule has 1 heterocycles. The Morgan fingerprint density at radius 3 is 3.07 bits per heavy atom. The van der Waals surface area contributed by atoms with Crippen LogP contribution in [0.1, 0.15) is 12.5 Å². The largest absolute Gasteiger partial charge is 0.424 e. The molecule has 0 spiro atoms. The topological polar surface area (TPSA) is 48.4 Å². The van der Waals surface area contributed by atoms with Gasteiger partial charge in [-0.05, 0) is 18.6 Å². The number of pyridine rings is 1. The van der Waals surface area contributed by atoms with Gasteiger partial charge in [0, 0.05) is 24.0 Å². The van der Waals surface area contributed by atoms with Crippen molar-refractivity contribution in [2.45, 2.75) is 19.8 Å². The Morgan fingerprint density at radius 2 is 2.50 bits per heavy atom. The van der Waals surface area contributed by atoms with Gasteiger partial charge < -0.3 is 9.47 Å². The molecule has 0 bridgehead atoms. The molecule has 0 aromatic carbocycles. The highest BCUT2D eigenvalue weighted by Crippen LogP contribution is 2.03. The predicted molar refractivity (Wildman–Crippen MR) is 50.8 cm³/mol. The van der Waals surface area contributed by atoms with E-state index in [-0.39, 0.29) is 0 Å². The molecule has 1 aromatic rings. The maximum Gasteiger partial charge on any atom is 0.406 e. The van der Waals surface area contributed by atoms with E-state index in [9.17, 15) is 4.79 Å². The molecule has 4 nitrogen and oxygen atoms in total. The first-order chi connectivity index (χ1) is 6.68. The second-order valence-electron chi connectivity index (χ2n) is 2.60. The summed E-state index contributed by atoms with van der Waals surface area (Å²) < 4.78 is 9.73. The van der Waals surface area contributed by atoms with Gasteiger partial charge >= 0.3 is 5.43 Å². The summed E-state index contributed by atoms with van der Waals surface area (Å²) >= 11 is 5.00. The average molecular weight is 216 g/mol. The molecule has 5 heteroatoms. The lowest BCUT2D eigenvalue weighted by Crippen LogP contribution is -2.14. The van der Waals surface area contributed by atoms with Gasteiger partial charge in [0.25, 0.3) is 0 Å². The number of ether oxygens (including phenoxy) is 2. The van der Waals surface area contributed by atoms with Crippen LogP contribution in [0.4, 0.5) is 4.79 Å². The van der Waals surface area contributed by atoms with Crippen LogP contribution >= 0.6 is 11.6 Å². The molecular weight excluding hydrogens is 206 g/mol. The highest BCUT2D eigenvalue weighted by atomic mass is 35.5. The molecule has 76 valence electrons. The fourth-order valence-corrected chi connectivity index (χ4v) is 0.987. The van der Waals surface area contributed by atoms with E-state index in [0.717, 1.165) is 5.56 Å². The van der Waals surface area contributed by atoms with Crippen LogP contribution in [0, 0.1) is 0 Å². The molecule has 0 saturated carbocycles. The third-order valence-corrected chi connectivity index (χ3v) is 1.56. The van der Waals surface area contributed by atoms with E-state index in [0.29, 0.717) is 6.61 Å². The molecule has 14 heavy (non-hydrogen) atoms. The maximum atomic E-state index is 10.3. The first-order valence-electron chi connectivity index (χ1n) is 4.05. The molecule has 0 saturated heterocycles. The molecule has 1 rings (SSSR count). The second kappa shape index (κ2) is 5.57. The molecule has 0 radical (unpaired) electrons. The fraction of sp³-hybridized carbons (Fsp3) is 0.333. The summed E-state index contributed by atoms with van der Waals surface area (Å²) in [4.78, 5) is 14.2. The van der Waals surface area contributed by atoms with E-state index in [4.69, 9.17) is 16.3 Å². The Labute approximate surface area is 86.8 Å². The van der Waals surface area contributed by atoms with Crippen molar-refractivity contribution < 1.29 is 14.3 Å². The smallest absolute Gasteiger partial charge is 0.406 e. The zero-order valence-electron chi connectivity index (χ0n) is 7.64. The van der Waals surface area contributed by atoms with Gasteiger partial charge in [0.2, 0.25) is 6.29 Å². The van der Waals surface area contributed by atoms with E-state index in [1.807, 2.05) is 6.07 Å². The van der Waals surface area contributed by atoms with Crippen molar-refractivity contribution in [1.29, 1.82) is 0 Å². The number of halogens is 1. The monoisotopic (exact) mass is 215 g/mol. The van der Waals surface area contributed by atoms with Crippen molar-refractivity contribution in [3.05, 3.63) is 30.1 Å². The van der Waals surface area contributed by atoms with Gasteiger partial charge in [-0.1, -0.05) is 6.07 Å². The van der Waals surface area contributed by atoms with Crippen LogP contribution in [0.5, 0.6) is 0 Å². The van der Waals surface area contributed by atoms with Crippen molar-refractivity contribution in [3.63, 3.8) is 0 Å². The lowest BCUT2D eigenvalue weighted by Gasteiger charge is -2.11. The third-order valence-electron chi connectivity index (χ3n) is 1.47. The Balaban J connectivity index is 2.30. The van der Waals surface area contributed by atoms with E-state index in [2.05, 4.69) is 9.72 Å². The Kier molecular flexibility index (Phi) is 4.35. The van der Waals surface area contributed by atoms with E-state index in [1.54, 1.807) is 25.4 Å². The van der Waals surface area contributed by atoms with Gasteiger partial charge in [-0.2, -0.15) is 0 Å². The van der Waals surface area contributed by atoms with E-state index in [1.165, 1.54) is 0 Å². The first kappa shape index (κ1) is 10.9. The molecule has 0 aliphatic rings. The zero-order chi connectivity index (χ0) is 10.4. The number of aromatic nitrogens is 1. The normalized spacial score (nSPS) is 12.1.